The predicted molar refractivity (Wildman–Crippen MR) is 93.1 cm³/mol. The Kier molecular flexibility index (Phi) is 6.84. The number of ether oxygens (including phenoxy) is 1. The predicted octanol–water partition coefficient (Wildman–Crippen LogP) is 5.43. The van der Waals surface area contributed by atoms with Crippen LogP contribution in [0.1, 0.15) is 25.3 Å². The van der Waals surface area contributed by atoms with Gasteiger partial charge in [0.1, 0.15) is 0 Å². The highest BCUT2D eigenvalue weighted by Gasteiger charge is 1.99. The van der Waals surface area contributed by atoms with Crippen LogP contribution in [0.4, 0.5) is 0 Å². The van der Waals surface area contributed by atoms with Crippen LogP contribution in [-0.2, 0) is 11.2 Å². The zero-order valence-electron chi connectivity index (χ0n) is 13.0. The van der Waals surface area contributed by atoms with Gasteiger partial charge in [-0.05, 0) is 41.7 Å². The first-order valence-corrected chi connectivity index (χ1v) is 8.63. The van der Waals surface area contributed by atoms with E-state index < -0.39 is 0 Å². The van der Waals surface area contributed by atoms with Crippen molar-refractivity contribution in [3.05, 3.63) is 54.1 Å². The van der Waals surface area contributed by atoms with Crippen LogP contribution in [0, 0.1) is 0 Å². The molecule has 0 aliphatic rings. The van der Waals surface area contributed by atoms with E-state index in [0.717, 1.165) is 25.2 Å². The highest BCUT2D eigenvalue weighted by Crippen LogP contribution is 2.25. The van der Waals surface area contributed by atoms with Gasteiger partial charge in [-0.1, -0.05) is 49.7 Å². The Balaban J connectivity index is 1.94. The van der Waals surface area contributed by atoms with Gasteiger partial charge < -0.3 is 4.74 Å². The second-order valence-electron chi connectivity index (χ2n) is 5.17. The standard InChI is InChI=1S/C19H24OS/c1-3-5-16-6-8-17(9-7-16)18-10-12-19(13-11-18)21-15-4-14-20-2/h6-13H,3-5,14-15H2,1-2H3. The summed E-state index contributed by atoms with van der Waals surface area (Å²) in [6.45, 7) is 3.06. The Morgan fingerprint density at radius 1 is 0.905 bits per heavy atom. The SMILES string of the molecule is CCCc1ccc(-c2ccc(SCCCOC)cc2)cc1. The lowest BCUT2D eigenvalue weighted by molar-refractivity contribution is 0.200. The Bertz CT molecular complexity index is 516. The third kappa shape index (κ3) is 5.22. The maximum atomic E-state index is 5.07. The van der Waals surface area contributed by atoms with Gasteiger partial charge in [-0.25, -0.2) is 0 Å². The number of methoxy groups -OCH3 is 1. The summed E-state index contributed by atoms with van der Waals surface area (Å²) in [6, 6.07) is 17.8. The average Bonchev–Trinajstić information content (AvgIpc) is 2.53. The Hall–Kier alpha value is -1.25. The number of aryl methyl sites for hydroxylation is 1. The summed E-state index contributed by atoms with van der Waals surface area (Å²) in [5.74, 6) is 1.11. The van der Waals surface area contributed by atoms with Gasteiger partial charge in [0.2, 0.25) is 0 Å². The largest absolute Gasteiger partial charge is 0.385 e. The monoisotopic (exact) mass is 300 g/mol. The number of hydrogen-bond acceptors (Lipinski definition) is 2. The summed E-state index contributed by atoms with van der Waals surface area (Å²) in [5, 5.41) is 0. The van der Waals surface area contributed by atoms with Gasteiger partial charge in [0.05, 0.1) is 0 Å². The van der Waals surface area contributed by atoms with Crippen molar-refractivity contribution in [3.63, 3.8) is 0 Å². The summed E-state index contributed by atoms with van der Waals surface area (Å²) in [5.41, 5.74) is 4.01. The number of hydrogen-bond donors (Lipinski definition) is 0. The summed E-state index contributed by atoms with van der Waals surface area (Å²) in [4.78, 5) is 1.33. The molecular formula is C19H24OS. The van der Waals surface area contributed by atoms with Crippen molar-refractivity contribution in [1.82, 2.24) is 0 Å². The first kappa shape index (κ1) is 16.1. The zero-order valence-corrected chi connectivity index (χ0v) is 13.8. The van der Waals surface area contributed by atoms with Gasteiger partial charge in [0.25, 0.3) is 0 Å². The summed E-state index contributed by atoms with van der Waals surface area (Å²) in [7, 11) is 1.76. The molecule has 0 fully saturated rings. The normalized spacial score (nSPS) is 10.8. The molecule has 0 bridgehead atoms. The molecule has 2 heteroatoms. The van der Waals surface area contributed by atoms with Crippen molar-refractivity contribution < 1.29 is 4.74 Å². The minimum atomic E-state index is 0.842. The van der Waals surface area contributed by atoms with Gasteiger partial charge in [-0.15, -0.1) is 11.8 Å². The summed E-state index contributed by atoms with van der Waals surface area (Å²) in [6.07, 6.45) is 3.47. The van der Waals surface area contributed by atoms with E-state index in [0.29, 0.717) is 0 Å². The van der Waals surface area contributed by atoms with Crippen LogP contribution in [0.25, 0.3) is 11.1 Å². The van der Waals surface area contributed by atoms with Crippen molar-refractivity contribution >= 4 is 11.8 Å². The fraction of sp³-hybridized carbons (Fsp3) is 0.368. The Morgan fingerprint density at radius 2 is 1.52 bits per heavy atom. The highest BCUT2D eigenvalue weighted by molar-refractivity contribution is 7.99. The quantitative estimate of drug-likeness (QED) is 0.474. The first-order valence-electron chi connectivity index (χ1n) is 7.64. The molecule has 0 spiro atoms. The average molecular weight is 300 g/mol. The summed E-state index contributed by atoms with van der Waals surface area (Å²) < 4.78 is 5.07. The maximum Gasteiger partial charge on any atom is 0.0470 e. The fourth-order valence-corrected chi connectivity index (χ4v) is 3.12. The highest BCUT2D eigenvalue weighted by atomic mass is 32.2. The van der Waals surface area contributed by atoms with Crippen LogP contribution in [0.2, 0.25) is 0 Å². The zero-order chi connectivity index (χ0) is 14.9. The van der Waals surface area contributed by atoms with Crippen LogP contribution in [0.15, 0.2) is 53.4 Å². The van der Waals surface area contributed by atoms with E-state index in [1.807, 2.05) is 11.8 Å². The fourth-order valence-electron chi connectivity index (χ4n) is 2.29. The van der Waals surface area contributed by atoms with Crippen molar-refractivity contribution in [1.29, 1.82) is 0 Å². The topological polar surface area (TPSA) is 9.23 Å². The minimum Gasteiger partial charge on any atom is -0.385 e. The van der Waals surface area contributed by atoms with Crippen LogP contribution < -0.4 is 0 Å². The van der Waals surface area contributed by atoms with Gasteiger partial charge in [0.15, 0.2) is 0 Å². The van der Waals surface area contributed by atoms with E-state index in [4.69, 9.17) is 4.74 Å². The minimum absolute atomic E-state index is 0.842. The van der Waals surface area contributed by atoms with E-state index >= 15 is 0 Å². The van der Waals surface area contributed by atoms with Crippen LogP contribution in [0.5, 0.6) is 0 Å². The molecule has 0 heterocycles. The third-order valence-corrected chi connectivity index (χ3v) is 4.54. The van der Waals surface area contributed by atoms with Crippen molar-refractivity contribution in [3.8, 4) is 11.1 Å². The van der Waals surface area contributed by atoms with Crippen molar-refractivity contribution in [2.45, 2.75) is 31.1 Å². The molecule has 0 aliphatic carbocycles. The lowest BCUT2D eigenvalue weighted by atomic mass is 10.0. The lowest BCUT2D eigenvalue weighted by Gasteiger charge is -2.06. The summed E-state index contributed by atoms with van der Waals surface area (Å²) >= 11 is 1.89. The molecule has 0 saturated carbocycles. The second-order valence-corrected chi connectivity index (χ2v) is 6.33. The van der Waals surface area contributed by atoms with E-state index in [-0.39, 0.29) is 0 Å². The molecule has 0 amide bonds. The molecule has 1 nitrogen and oxygen atoms in total. The van der Waals surface area contributed by atoms with E-state index in [9.17, 15) is 0 Å². The van der Waals surface area contributed by atoms with Crippen molar-refractivity contribution in [2.75, 3.05) is 19.5 Å². The Morgan fingerprint density at radius 3 is 2.10 bits per heavy atom. The molecule has 0 aromatic heterocycles. The van der Waals surface area contributed by atoms with Gasteiger partial charge in [0, 0.05) is 24.4 Å². The van der Waals surface area contributed by atoms with E-state index in [1.165, 1.54) is 28.0 Å². The van der Waals surface area contributed by atoms with Gasteiger partial charge in [-0.2, -0.15) is 0 Å². The van der Waals surface area contributed by atoms with Gasteiger partial charge in [-0.3, -0.25) is 0 Å². The van der Waals surface area contributed by atoms with E-state index in [1.54, 1.807) is 7.11 Å². The molecule has 0 aliphatic heterocycles. The number of thioether (sulfide) groups is 1. The molecule has 2 rings (SSSR count). The molecular weight excluding hydrogens is 276 g/mol. The van der Waals surface area contributed by atoms with Crippen LogP contribution in [0.3, 0.4) is 0 Å². The molecule has 0 saturated heterocycles. The molecule has 2 aromatic rings. The van der Waals surface area contributed by atoms with Crippen LogP contribution in [-0.4, -0.2) is 19.5 Å². The number of rotatable bonds is 8. The maximum absolute atomic E-state index is 5.07. The van der Waals surface area contributed by atoms with Crippen LogP contribution >= 0.6 is 11.8 Å². The lowest BCUT2D eigenvalue weighted by Crippen LogP contribution is -1.90. The molecule has 0 N–H and O–H groups in total. The molecule has 21 heavy (non-hydrogen) atoms. The Labute approximate surface area is 132 Å². The molecule has 0 radical (unpaired) electrons. The number of benzene rings is 2. The molecule has 0 unspecified atom stereocenters. The smallest absolute Gasteiger partial charge is 0.0470 e. The molecule has 112 valence electrons. The third-order valence-electron chi connectivity index (χ3n) is 3.44. The molecule has 2 aromatic carbocycles. The van der Waals surface area contributed by atoms with E-state index in [2.05, 4.69) is 55.5 Å². The molecule has 0 atom stereocenters. The van der Waals surface area contributed by atoms with Crippen molar-refractivity contribution in [2.24, 2.45) is 0 Å². The first-order chi connectivity index (χ1) is 10.3. The van der Waals surface area contributed by atoms with Gasteiger partial charge >= 0.3 is 0 Å². The second kappa shape index (κ2) is 8.91.